The van der Waals surface area contributed by atoms with Crippen LogP contribution in [-0.4, -0.2) is 38.2 Å². The Balaban J connectivity index is 0.00000300. The highest BCUT2D eigenvalue weighted by Crippen LogP contribution is 2.37. The Bertz CT molecular complexity index is 794. The zero-order valence-corrected chi connectivity index (χ0v) is 17.7. The molecule has 0 radical (unpaired) electrons. The molecule has 2 amide bonds. The minimum absolute atomic E-state index is 0. The summed E-state index contributed by atoms with van der Waals surface area (Å²) in [5, 5.41) is 4.32. The molecule has 1 aliphatic heterocycles. The molecule has 1 saturated carbocycles. The maximum atomic E-state index is 13.1. The Morgan fingerprint density at radius 1 is 1.29 bits per heavy atom. The van der Waals surface area contributed by atoms with E-state index < -0.39 is 9.84 Å². The van der Waals surface area contributed by atoms with Gasteiger partial charge in [0.1, 0.15) is 0 Å². The molecule has 156 valence electrons. The van der Waals surface area contributed by atoms with Gasteiger partial charge in [-0.15, -0.1) is 0 Å². The highest BCUT2D eigenvalue weighted by atomic mass is 32.2. The number of carbonyl (C=O) groups excluding carboxylic acids is 1. The highest BCUT2D eigenvalue weighted by molar-refractivity contribution is 7.93. The fraction of sp³-hybridized carbons (Fsp3) is 0.591. The van der Waals surface area contributed by atoms with E-state index in [-0.39, 0.29) is 19.5 Å². The van der Waals surface area contributed by atoms with E-state index in [1.807, 2.05) is 23.1 Å². The number of benzene rings is 1. The molecule has 6 heteroatoms. The van der Waals surface area contributed by atoms with Gasteiger partial charge in [0.15, 0.2) is 9.84 Å². The van der Waals surface area contributed by atoms with E-state index in [2.05, 4.69) is 24.4 Å². The molecule has 3 atom stereocenters. The van der Waals surface area contributed by atoms with Crippen molar-refractivity contribution in [3.8, 4) is 0 Å². The molecule has 2 fully saturated rings. The SMILES string of the molecule is CCC[C@@H]1CCN(C(=O)N[C@H](/C=C/S(C)(=O)=O)C2CC2)[C@H](c2ccccc2)C1.[HH]. The average molecular weight is 407 g/mol. The third-order valence-corrected chi connectivity index (χ3v) is 6.46. The molecule has 1 heterocycles. The third kappa shape index (κ3) is 5.84. The van der Waals surface area contributed by atoms with Gasteiger partial charge >= 0.3 is 6.03 Å². The molecule has 3 rings (SSSR count). The normalized spacial score (nSPS) is 24.3. The maximum Gasteiger partial charge on any atom is 0.318 e. The van der Waals surface area contributed by atoms with Crippen LogP contribution in [-0.2, 0) is 9.84 Å². The quantitative estimate of drug-likeness (QED) is 0.723. The van der Waals surface area contributed by atoms with Crippen LogP contribution in [0.15, 0.2) is 41.8 Å². The largest absolute Gasteiger partial charge is 0.331 e. The molecular weight excluding hydrogens is 372 g/mol. The first kappa shape index (κ1) is 20.9. The van der Waals surface area contributed by atoms with Crippen LogP contribution in [0.1, 0.15) is 58.5 Å². The Morgan fingerprint density at radius 3 is 2.61 bits per heavy atom. The van der Waals surface area contributed by atoms with Gasteiger partial charge in [0.25, 0.3) is 0 Å². The summed E-state index contributed by atoms with van der Waals surface area (Å²) in [4.78, 5) is 15.1. The summed E-state index contributed by atoms with van der Waals surface area (Å²) >= 11 is 0. The van der Waals surface area contributed by atoms with Gasteiger partial charge in [0.05, 0.1) is 12.1 Å². The first-order valence-corrected chi connectivity index (χ1v) is 12.3. The fourth-order valence-corrected chi connectivity index (χ4v) is 4.63. The first-order chi connectivity index (χ1) is 13.4. The van der Waals surface area contributed by atoms with Crippen LogP contribution in [0.3, 0.4) is 0 Å². The smallest absolute Gasteiger partial charge is 0.318 e. The zero-order chi connectivity index (χ0) is 20.1. The van der Waals surface area contributed by atoms with Crippen molar-refractivity contribution in [2.24, 2.45) is 11.8 Å². The molecule has 0 spiro atoms. The van der Waals surface area contributed by atoms with Gasteiger partial charge in [0.2, 0.25) is 0 Å². The monoisotopic (exact) mass is 406 g/mol. The minimum Gasteiger partial charge on any atom is -0.331 e. The number of urea groups is 1. The number of hydrogen-bond acceptors (Lipinski definition) is 3. The topological polar surface area (TPSA) is 66.5 Å². The van der Waals surface area contributed by atoms with Crippen molar-refractivity contribution in [3.63, 3.8) is 0 Å². The minimum atomic E-state index is -3.20. The van der Waals surface area contributed by atoms with Gasteiger partial charge in [-0.25, -0.2) is 13.2 Å². The highest BCUT2D eigenvalue weighted by Gasteiger charge is 2.36. The molecule has 1 N–H and O–H groups in total. The van der Waals surface area contributed by atoms with E-state index in [4.69, 9.17) is 0 Å². The predicted molar refractivity (Wildman–Crippen MR) is 115 cm³/mol. The number of nitrogens with one attached hydrogen (secondary N) is 1. The van der Waals surface area contributed by atoms with E-state index in [1.165, 1.54) is 30.1 Å². The van der Waals surface area contributed by atoms with Crippen LogP contribution in [0.2, 0.25) is 0 Å². The number of amides is 2. The van der Waals surface area contributed by atoms with Gasteiger partial charge in [-0.1, -0.05) is 56.2 Å². The Kier molecular flexibility index (Phi) is 6.81. The maximum absolute atomic E-state index is 13.1. The summed E-state index contributed by atoms with van der Waals surface area (Å²) in [5.41, 5.74) is 1.17. The van der Waals surface area contributed by atoms with Crippen molar-refractivity contribution in [2.75, 3.05) is 12.8 Å². The van der Waals surface area contributed by atoms with Gasteiger partial charge in [-0.3, -0.25) is 0 Å². The lowest BCUT2D eigenvalue weighted by Crippen LogP contribution is -2.49. The van der Waals surface area contributed by atoms with Gasteiger partial charge in [-0.05, 0) is 43.1 Å². The van der Waals surface area contributed by atoms with E-state index >= 15 is 0 Å². The van der Waals surface area contributed by atoms with Crippen molar-refractivity contribution in [3.05, 3.63) is 47.4 Å². The number of likely N-dealkylation sites (tertiary alicyclic amines) is 1. The van der Waals surface area contributed by atoms with Crippen LogP contribution >= 0.6 is 0 Å². The second-order valence-electron chi connectivity index (χ2n) is 8.27. The first-order valence-electron chi connectivity index (χ1n) is 10.4. The van der Waals surface area contributed by atoms with Crippen molar-refractivity contribution >= 4 is 15.9 Å². The molecule has 1 aromatic rings. The number of piperidine rings is 1. The fourth-order valence-electron chi connectivity index (χ4n) is 4.17. The average Bonchev–Trinajstić information content (AvgIpc) is 3.50. The third-order valence-electron chi connectivity index (χ3n) is 5.81. The van der Waals surface area contributed by atoms with Crippen LogP contribution in [0, 0.1) is 11.8 Å². The van der Waals surface area contributed by atoms with Crippen LogP contribution < -0.4 is 5.32 Å². The number of carbonyl (C=O) groups is 1. The molecule has 28 heavy (non-hydrogen) atoms. The molecule has 0 bridgehead atoms. The summed E-state index contributed by atoms with van der Waals surface area (Å²) < 4.78 is 23.0. The molecule has 0 unspecified atom stereocenters. The van der Waals surface area contributed by atoms with Crippen molar-refractivity contribution in [1.29, 1.82) is 0 Å². The van der Waals surface area contributed by atoms with Crippen molar-refractivity contribution in [1.82, 2.24) is 10.2 Å². The van der Waals surface area contributed by atoms with E-state index in [0.29, 0.717) is 11.8 Å². The molecule has 5 nitrogen and oxygen atoms in total. The molecule has 2 aliphatic rings. The second-order valence-corrected chi connectivity index (χ2v) is 10.2. The van der Waals surface area contributed by atoms with E-state index in [1.54, 1.807) is 6.08 Å². The van der Waals surface area contributed by atoms with Crippen LogP contribution in [0.25, 0.3) is 0 Å². The lowest BCUT2D eigenvalue weighted by Gasteiger charge is -2.40. The number of hydrogen-bond donors (Lipinski definition) is 1. The number of rotatable bonds is 7. The molecule has 0 aromatic heterocycles. The molecular formula is C22H34N2O3S. The summed E-state index contributed by atoms with van der Waals surface area (Å²) in [5.74, 6) is 0.985. The molecule has 1 aliphatic carbocycles. The standard InChI is InChI=1S/C22H32N2O3S.H2/c1-3-7-17-12-14-24(21(16-17)19-8-5-4-6-9-19)22(25)23-20(18-10-11-18)13-15-28(2,26)27;/h4-6,8-9,13,15,17-18,20-21H,3,7,10-12,14,16H2,1-2H3,(H,23,25);1H/b15-13+;/t17-,20-,21+;/m1./s1. The van der Waals surface area contributed by atoms with E-state index in [9.17, 15) is 13.2 Å². The van der Waals surface area contributed by atoms with Crippen LogP contribution in [0.5, 0.6) is 0 Å². The lowest BCUT2D eigenvalue weighted by atomic mass is 9.85. The Morgan fingerprint density at radius 2 is 2.00 bits per heavy atom. The van der Waals surface area contributed by atoms with Crippen molar-refractivity contribution in [2.45, 2.75) is 57.5 Å². The van der Waals surface area contributed by atoms with Crippen molar-refractivity contribution < 1.29 is 14.6 Å². The second kappa shape index (κ2) is 9.12. The van der Waals surface area contributed by atoms with Gasteiger partial charge in [-0.2, -0.15) is 0 Å². The lowest BCUT2D eigenvalue weighted by molar-refractivity contribution is 0.122. The van der Waals surface area contributed by atoms with Crippen LogP contribution in [0.4, 0.5) is 4.79 Å². The molecule has 1 aromatic carbocycles. The Labute approximate surface area is 170 Å². The predicted octanol–water partition coefficient (Wildman–Crippen LogP) is 4.53. The van der Waals surface area contributed by atoms with Gasteiger partial charge in [0, 0.05) is 19.6 Å². The van der Waals surface area contributed by atoms with E-state index in [0.717, 1.165) is 32.2 Å². The molecule has 1 saturated heterocycles. The summed E-state index contributed by atoms with van der Waals surface area (Å²) in [6.07, 6.45) is 9.25. The number of nitrogens with zero attached hydrogens (tertiary/aromatic N) is 1. The summed E-state index contributed by atoms with van der Waals surface area (Å²) in [7, 11) is -3.20. The Hall–Kier alpha value is -1.82. The summed E-state index contributed by atoms with van der Waals surface area (Å²) in [6.45, 7) is 2.95. The zero-order valence-electron chi connectivity index (χ0n) is 16.9. The van der Waals surface area contributed by atoms with Gasteiger partial charge < -0.3 is 10.2 Å². The number of sulfone groups is 1. The summed E-state index contributed by atoms with van der Waals surface area (Å²) in [6, 6.07) is 10.0.